The predicted octanol–water partition coefficient (Wildman–Crippen LogP) is 3.43. The summed E-state index contributed by atoms with van der Waals surface area (Å²) in [5, 5.41) is 3.02. The zero-order chi connectivity index (χ0) is 24.8. The highest BCUT2D eigenvalue weighted by Crippen LogP contribution is 2.21. The minimum atomic E-state index is -3.65. The van der Waals surface area contributed by atoms with Crippen molar-refractivity contribution in [1.82, 2.24) is 9.21 Å². The van der Waals surface area contributed by atoms with E-state index in [1.807, 2.05) is 47.4 Å². The molecule has 1 saturated heterocycles. The van der Waals surface area contributed by atoms with Crippen molar-refractivity contribution in [2.24, 2.45) is 0 Å². The fourth-order valence-corrected chi connectivity index (χ4v) is 5.57. The predicted molar refractivity (Wildman–Crippen MR) is 136 cm³/mol. The maximum absolute atomic E-state index is 13.0. The van der Waals surface area contributed by atoms with Crippen LogP contribution in [0.3, 0.4) is 0 Å². The van der Waals surface area contributed by atoms with E-state index in [0.717, 1.165) is 17.7 Å². The molecule has 0 bridgehead atoms. The summed E-state index contributed by atoms with van der Waals surface area (Å²) in [6.07, 6.45) is 0.723. The maximum atomic E-state index is 13.0. The van der Waals surface area contributed by atoms with E-state index in [1.54, 1.807) is 0 Å². The zero-order valence-electron chi connectivity index (χ0n) is 19.7. The van der Waals surface area contributed by atoms with Crippen molar-refractivity contribution >= 4 is 27.4 Å². The normalized spacial score (nSPS) is 15.0. The zero-order valence-corrected chi connectivity index (χ0v) is 20.5. The van der Waals surface area contributed by atoms with E-state index >= 15 is 0 Å². The summed E-state index contributed by atoms with van der Waals surface area (Å²) in [4.78, 5) is 26.3. The number of carbonyl (C=O) groups is 2. The summed E-state index contributed by atoms with van der Waals surface area (Å²) in [6, 6.07) is 23.9. The Kier molecular flexibility index (Phi) is 7.75. The Balaban J connectivity index is 1.32. The van der Waals surface area contributed by atoms with Crippen molar-refractivity contribution in [3.8, 4) is 0 Å². The number of rotatable bonds is 8. The van der Waals surface area contributed by atoms with Crippen LogP contribution in [-0.4, -0.2) is 62.0 Å². The molecule has 0 aliphatic carbocycles. The highest BCUT2D eigenvalue weighted by Gasteiger charge is 2.29. The standard InChI is InChI=1S/C27H29N3O4S/c1-21(31)23-11-13-25(14-12-23)35(33,34)30-17-15-29(16-18-30)20-27(32)28-26-10-6-5-9-24(26)19-22-7-3-2-4-8-22/h2-14H,15-20H2,1H3,(H,28,32). The third-order valence-corrected chi connectivity index (χ3v) is 8.04. The third kappa shape index (κ3) is 6.22. The van der Waals surface area contributed by atoms with Crippen LogP contribution in [0.2, 0.25) is 0 Å². The summed E-state index contributed by atoms with van der Waals surface area (Å²) in [7, 11) is -3.65. The highest BCUT2D eigenvalue weighted by atomic mass is 32.2. The molecule has 8 heteroatoms. The van der Waals surface area contributed by atoms with Gasteiger partial charge in [0.25, 0.3) is 0 Å². The van der Waals surface area contributed by atoms with E-state index in [9.17, 15) is 18.0 Å². The van der Waals surface area contributed by atoms with Gasteiger partial charge in [0.15, 0.2) is 5.78 Å². The van der Waals surface area contributed by atoms with Crippen LogP contribution in [0, 0.1) is 0 Å². The minimum absolute atomic E-state index is 0.108. The van der Waals surface area contributed by atoms with Crippen LogP contribution in [-0.2, 0) is 21.2 Å². The molecule has 4 rings (SSSR count). The molecule has 35 heavy (non-hydrogen) atoms. The number of anilines is 1. The second-order valence-corrected chi connectivity index (χ2v) is 10.6. The van der Waals surface area contributed by atoms with Gasteiger partial charge in [-0.3, -0.25) is 14.5 Å². The highest BCUT2D eigenvalue weighted by molar-refractivity contribution is 7.89. The van der Waals surface area contributed by atoms with E-state index in [4.69, 9.17) is 0 Å². The van der Waals surface area contributed by atoms with Crippen LogP contribution in [0.15, 0.2) is 83.8 Å². The number of amides is 1. The van der Waals surface area contributed by atoms with E-state index in [1.165, 1.54) is 41.1 Å². The lowest BCUT2D eigenvalue weighted by Gasteiger charge is -2.33. The second kappa shape index (κ2) is 10.9. The number of nitrogens with one attached hydrogen (secondary N) is 1. The number of ketones is 1. The smallest absolute Gasteiger partial charge is 0.243 e. The summed E-state index contributed by atoms with van der Waals surface area (Å²) in [6.45, 7) is 3.17. The molecule has 3 aromatic rings. The van der Waals surface area contributed by atoms with Crippen LogP contribution >= 0.6 is 0 Å². The number of benzene rings is 3. The molecule has 1 aliphatic rings. The van der Waals surface area contributed by atoms with Gasteiger partial charge in [-0.2, -0.15) is 4.31 Å². The van der Waals surface area contributed by atoms with Crippen molar-refractivity contribution in [3.05, 3.63) is 95.6 Å². The lowest BCUT2D eigenvalue weighted by molar-refractivity contribution is -0.117. The lowest BCUT2D eigenvalue weighted by atomic mass is 10.0. The average molecular weight is 492 g/mol. The first-order valence-electron chi connectivity index (χ1n) is 11.6. The number of para-hydroxylation sites is 1. The van der Waals surface area contributed by atoms with Crippen LogP contribution in [0.4, 0.5) is 5.69 Å². The van der Waals surface area contributed by atoms with E-state index in [0.29, 0.717) is 31.7 Å². The first kappa shape index (κ1) is 24.8. The van der Waals surface area contributed by atoms with E-state index in [2.05, 4.69) is 17.4 Å². The molecule has 0 spiro atoms. The Hall–Kier alpha value is -3.33. The number of sulfonamides is 1. The lowest BCUT2D eigenvalue weighted by Crippen LogP contribution is -2.50. The second-order valence-electron chi connectivity index (χ2n) is 8.63. The number of Topliss-reactive ketones (excluding diaryl/α,β-unsaturated/α-hetero) is 1. The Bertz CT molecular complexity index is 1280. The molecule has 0 unspecified atom stereocenters. The van der Waals surface area contributed by atoms with Crippen LogP contribution < -0.4 is 5.32 Å². The average Bonchev–Trinajstić information content (AvgIpc) is 2.86. The first-order valence-corrected chi connectivity index (χ1v) is 13.0. The van der Waals surface area contributed by atoms with Crippen molar-refractivity contribution in [1.29, 1.82) is 0 Å². The largest absolute Gasteiger partial charge is 0.325 e. The molecular weight excluding hydrogens is 462 g/mol. The molecular formula is C27H29N3O4S. The summed E-state index contributed by atoms with van der Waals surface area (Å²) < 4.78 is 27.4. The van der Waals surface area contributed by atoms with Crippen molar-refractivity contribution < 1.29 is 18.0 Å². The fourth-order valence-electron chi connectivity index (χ4n) is 4.14. The molecule has 1 aliphatic heterocycles. The molecule has 0 radical (unpaired) electrons. The molecule has 1 N–H and O–H groups in total. The number of hydrogen-bond donors (Lipinski definition) is 1. The Morgan fingerprint density at radius 3 is 2.11 bits per heavy atom. The van der Waals surface area contributed by atoms with Gasteiger partial charge in [-0.1, -0.05) is 60.7 Å². The Morgan fingerprint density at radius 1 is 0.829 bits per heavy atom. The van der Waals surface area contributed by atoms with Crippen molar-refractivity contribution in [2.45, 2.75) is 18.2 Å². The van der Waals surface area contributed by atoms with Gasteiger partial charge in [0.1, 0.15) is 0 Å². The van der Waals surface area contributed by atoms with Gasteiger partial charge in [-0.25, -0.2) is 8.42 Å². The SMILES string of the molecule is CC(=O)c1ccc(S(=O)(=O)N2CCN(CC(=O)Nc3ccccc3Cc3ccccc3)CC2)cc1. The van der Waals surface area contributed by atoms with Crippen LogP contribution in [0.1, 0.15) is 28.4 Å². The number of hydrogen-bond acceptors (Lipinski definition) is 5. The van der Waals surface area contributed by atoms with Crippen LogP contribution in [0.5, 0.6) is 0 Å². The maximum Gasteiger partial charge on any atom is 0.243 e. The molecule has 1 fully saturated rings. The van der Waals surface area contributed by atoms with Gasteiger partial charge in [-0.15, -0.1) is 0 Å². The van der Waals surface area contributed by atoms with Gasteiger partial charge in [-0.05, 0) is 42.7 Å². The first-order chi connectivity index (χ1) is 16.8. The molecule has 1 amide bonds. The molecule has 0 saturated carbocycles. The third-order valence-electron chi connectivity index (χ3n) is 6.13. The number of carbonyl (C=O) groups excluding carboxylic acids is 2. The van der Waals surface area contributed by atoms with Crippen molar-refractivity contribution in [3.63, 3.8) is 0 Å². The van der Waals surface area contributed by atoms with Gasteiger partial charge in [0.05, 0.1) is 11.4 Å². The molecule has 7 nitrogen and oxygen atoms in total. The summed E-state index contributed by atoms with van der Waals surface area (Å²) >= 11 is 0. The number of piperazine rings is 1. The molecule has 3 aromatic carbocycles. The van der Waals surface area contributed by atoms with Gasteiger partial charge in [0.2, 0.25) is 15.9 Å². The number of nitrogens with zero attached hydrogens (tertiary/aromatic N) is 2. The fraction of sp³-hybridized carbons (Fsp3) is 0.259. The van der Waals surface area contributed by atoms with Gasteiger partial charge < -0.3 is 5.32 Å². The minimum Gasteiger partial charge on any atom is -0.325 e. The molecule has 0 atom stereocenters. The monoisotopic (exact) mass is 491 g/mol. The van der Waals surface area contributed by atoms with E-state index < -0.39 is 10.0 Å². The topological polar surface area (TPSA) is 86.8 Å². The van der Waals surface area contributed by atoms with E-state index in [-0.39, 0.29) is 23.1 Å². The molecule has 182 valence electrons. The van der Waals surface area contributed by atoms with Crippen molar-refractivity contribution in [2.75, 3.05) is 38.0 Å². The van der Waals surface area contributed by atoms with Crippen LogP contribution in [0.25, 0.3) is 0 Å². The van der Waals surface area contributed by atoms with Gasteiger partial charge in [0, 0.05) is 37.4 Å². The molecule has 1 heterocycles. The molecule has 0 aromatic heterocycles. The quantitative estimate of drug-likeness (QED) is 0.488. The summed E-state index contributed by atoms with van der Waals surface area (Å²) in [5.74, 6) is -0.231. The van der Waals surface area contributed by atoms with Gasteiger partial charge >= 0.3 is 0 Å². The Morgan fingerprint density at radius 2 is 1.46 bits per heavy atom. The Labute approximate surface area is 206 Å². The summed E-state index contributed by atoms with van der Waals surface area (Å²) in [5.41, 5.74) is 3.47.